The molecule has 1 fully saturated rings. The Hall–Kier alpha value is 0.470. The molecule has 2 nitrogen and oxygen atoms in total. The molecule has 0 unspecified atom stereocenters. The average molecular weight is 489 g/mol. The lowest BCUT2D eigenvalue weighted by molar-refractivity contribution is -0.148. The molecule has 1 aromatic rings. The molecule has 1 atom stereocenters. The van der Waals surface area contributed by atoms with Gasteiger partial charge < -0.3 is 5.32 Å². The zero-order valence-corrected chi connectivity index (χ0v) is 16.3. The van der Waals surface area contributed by atoms with Crippen LogP contribution in [0.25, 0.3) is 0 Å². The van der Waals surface area contributed by atoms with Gasteiger partial charge in [0.2, 0.25) is 0 Å². The van der Waals surface area contributed by atoms with Crippen molar-refractivity contribution in [2.45, 2.75) is 18.6 Å². The minimum Gasteiger partial charge on any atom is -0.314 e. The van der Waals surface area contributed by atoms with Crippen LogP contribution in [0.3, 0.4) is 0 Å². The van der Waals surface area contributed by atoms with Crippen LogP contribution in [-0.4, -0.2) is 37.3 Å². The van der Waals surface area contributed by atoms with E-state index in [1.807, 2.05) is 11.0 Å². The molecule has 1 N–H and O–H groups in total. The zero-order valence-electron chi connectivity index (χ0n) is 11.5. The SMILES string of the molecule is Cl.Cl.FC(F)(F)C[C@H](c1cc(Br)ccc1Br)N1CCNCC1. The molecule has 0 spiro atoms. The van der Waals surface area contributed by atoms with Gasteiger partial charge in [-0.1, -0.05) is 31.9 Å². The van der Waals surface area contributed by atoms with Crippen LogP contribution in [0.5, 0.6) is 0 Å². The van der Waals surface area contributed by atoms with E-state index in [0.29, 0.717) is 23.1 Å². The summed E-state index contributed by atoms with van der Waals surface area (Å²) in [5, 5.41) is 3.17. The molecule has 22 heavy (non-hydrogen) atoms. The van der Waals surface area contributed by atoms with Gasteiger partial charge in [-0.05, 0) is 23.8 Å². The zero-order chi connectivity index (χ0) is 14.8. The second-order valence-electron chi connectivity index (χ2n) is 4.79. The van der Waals surface area contributed by atoms with E-state index in [1.165, 1.54) is 0 Å². The van der Waals surface area contributed by atoms with Crippen LogP contribution in [0.15, 0.2) is 27.1 Å². The van der Waals surface area contributed by atoms with Crippen molar-refractivity contribution < 1.29 is 13.2 Å². The molecule has 0 saturated carbocycles. The number of nitrogens with zero attached hydrogens (tertiary/aromatic N) is 1. The van der Waals surface area contributed by atoms with Gasteiger partial charge in [0.1, 0.15) is 0 Å². The van der Waals surface area contributed by atoms with Crippen LogP contribution in [0.4, 0.5) is 13.2 Å². The summed E-state index contributed by atoms with van der Waals surface area (Å²) in [4.78, 5) is 1.90. The molecular formula is C13H17Br2Cl2F3N2. The van der Waals surface area contributed by atoms with E-state index in [2.05, 4.69) is 37.2 Å². The molecule has 0 radical (unpaired) electrons. The summed E-state index contributed by atoms with van der Waals surface area (Å²) >= 11 is 6.71. The van der Waals surface area contributed by atoms with Crippen LogP contribution < -0.4 is 5.32 Å². The lowest BCUT2D eigenvalue weighted by Crippen LogP contribution is -2.46. The third-order valence-electron chi connectivity index (χ3n) is 3.33. The van der Waals surface area contributed by atoms with Crippen molar-refractivity contribution in [1.82, 2.24) is 10.2 Å². The van der Waals surface area contributed by atoms with Crippen molar-refractivity contribution in [3.05, 3.63) is 32.7 Å². The van der Waals surface area contributed by atoms with Crippen LogP contribution in [0.1, 0.15) is 18.0 Å². The molecular weight excluding hydrogens is 472 g/mol. The molecule has 128 valence electrons. The Kier molecular flexibility index (Phi) is 9.90. The van der Waals surface area contributed by atoms with Crippen molar-refractivity contribution >= 4 is 56.7 Å². The fourth-order valence-corrected chi connectivity index (χ4v) is 3.31. The highest BCUT2D eigenvalue weighted by molar-refractivity contribution is 9.11. The summed E-state index contributed by atoms with van der Waals surface area (Å²) in [5.41, 5.74) is 0.679. The molecule has 2 rings (SSSR count). The minimum absolute atomic E-state index is 0. The monoisotopic (exact) mass is 486 g/mol. The first-order chi connectivity index (χ1) is 9.37. The van der Waals surface area contributed by atoms with E-state index in [9.17, 15) is 13.2 Å². The maximum Gasteiger partial charge on any atom is 0.390 e. The number of alkyl halides is 3. The lowest BCUT2D eigenvalue weighted by Gasteiger charge is -2.36. The quantitative estimate of drug-likeness (QED) is 0.647. The first-order valence-corrected chi connectivity index (χ1v) is 7.92. The van der Waals surface area contributed by atoms with E-state index >= 15 is 0 Å². The van der Waals surface area contributed by atoms with Gasteiger partial charge in [-0.3, -0.25) is 4.90 Å². The summed E-state index contributed by atoms with van der Waals surface area (Å²) in [6.45, 7) is 2.69. The predicted molar refractivity (Wildman–Crippen MR) is 94.2 cm³/mol. The van der Waals surface area contributed by atoms with Crippen LogP contribution >= 0.6 is 56.7 Å². The summed E-state index contributed by atoms with van der Waals surface area (Å²) in [6, 6.07) is 4.72. The third-order valence-corrected chi connectivity index (χ3v) is 4.55. The number of nitrogens with one attached hydrogen (secondary N) is 1. The number of piperazine rings is 1. The first kappa shape index (κ1) is 22.5. The highest BCUT2D eigenvalue weighted by Gasteiger charge is 2.36. The maximum absolute atomic E-state index is 12.9. The summed E-state index contributed by atoms with van der Waals surface area (Å²) in [5.74, 6) is 0. The molecule has 0 aliphatic carbocycles. The summed E-state index contributed by atoms with van der Waals surface area (Å²) < 4.78 is 40.2. The van der Waals surface area contributed by atoms with Gasteiger partial charge >= 0.3 is 6.18 Å². The van der Waals surface area contributed by atoms with Gasteiger partial charge in [0.15, 0.2) is 0 Å². The van der Waals surface area contributed by atoms with Gasteiger partial charge in [-0.25, -0.2) is 0 Å². The second-order valence-corrected chi connectivity index (χ2v) is 6.56. The molecule has 0 bridgehead atoms. The van der Waals surface area contributed by atoms with Crippen LogP contribution in [0, 0.1) is 0 Å². The first-order valence-electron chi connectivity index (χ1n) is 6.33. The number of hydrogen-bond donors (Lipinski definition) is 1. The van der Waals surface area contributed by atoms with Crippen molar-refractivity contribution in [3.63, 3.8) is 0 Å². The molecule has 0 amide bonds. The van der Waals surface area contributed by atoms with Gasteiger partial charge in [0.05, 0.1) is 6.42 Å². The second kappa shape index (κ2) is 9.69. The predicted octanol–water partition coefficient (Wildman–Crippen LogP) is 4.95. The average Bonchev–Trinajstić information content (AvgIpc) is 2.39. The molecule has 1 aromatic carbocycles. The Morgan fingerprint density at radius 1 is 1.14 bits per heavy atom. The van der Waals surface area contributed by atoms with E-state index in [-0.39, 0.29) is 24.8 Å². The highest BCUT2D eigenvalue weighted by atomic mass is 79.9. The Bertz CT molecular complexity index is 469. The number of benzene rings is 1. The number of rotatable bonds is 3. The number of hydrogen-bond acceptors (Lipinski definition) is 2. The Morgan fingerprint density at radius 3 is 2.27 bits per heavy atom. The highest BCUT2D eigenvalue weighted by Crippen LogP contribution is 2.38. The number of halogens is 7. The topological polar surface area (TPSA) is 15.3 Å². The van der Waals surface area contributed by atoms with E-state index in [1.54, 1.807) is 12.1 Å². The maximum atomic E-state index is 12.9. The Balaban J connectivity index is 0.00000220. The molecule has 1 saturated heterocycles. The Labute approximate surface area is 157 Å². The smallest absolute Gasteiger partial charge is 0.314 e. The Morgan fingerprint density at radius 2 is 1.73 bits per heavy atom. The fourth-order valence-electron chi connectivity index (χ4n) is 2.42. The molecule has 1 aliphatic heterocycles. The normalized spacial score (nSPS) is 17.3. The molecule has 0 aromatic heterocycles. The molecule has 1 heterocycles. The van der Waals surface area contributed by atoms with Gasteiger partial charge in [-0.2, -0.15) is 13.2 Å². The van der Waals surface area contributed by atoms with Crippen LogP contribution in [0.2, 0.25) is 0 Å². The van der Waals surface area contributed by atoms with E-state index in [4.69, 9.17) is 0 Å². The van der Waals surface area contributed by atoms with Crippen LogP contribution in [-0.2, 0) is 0 Å². The van der Waals surface area contributed by atoms with Crippen molar-refractivity contribution in [3.8, 4) is 0 Å². The van der Waals surface area contributed by atoms with Crippen molar-refractivity contribution in [1.29, 1.82) is 0 Å². The van der Waals surface area contributed by atoms with Gasteiger partial charge in [0.25, 0.3) is 0 Å². The lowest BCUT2D eigenvalue weighted by atomic mass is 10.0. The fraction of sp³-hybridized carbons (Fsp3) is 0.538. The summed E-state index contributed by atoms with van der Waals surface area (Å²) in [7, 11) is 0. The van der Waals surface area contributed by atoms with Gasteiger partial charge in [0, 0.05) is 41.2 Å². The molecule has 9 heteroatoms. The van der Waals surface area contributed by atoms with Gasteiger partial charge in [-0.15, -0.1) is 24.8 Å². The third kappa shape index (κ3) is 6.53. The van der Waals surface area contributed by atoms with Crippen molar-refractivity contribution in [2.24, 2.45) is 0 Å². The van der Waals surface area contributed by atoms with E-state index < -0.39 is 18.6 Å². The largest absolute Gasteiger partial charge is 0.390 e. The summed E-state index contributed by atoms with van der Waals surface area (Å²) in [6.07, 6.45) is -5.01. The van der Waals surface area contributed by atoms with Crippen molar-refractivity contribution in [2.75, 3.05) is 26.2 Å². The molecule has 1 aliphatic rings. The minimum atomic E-state index is -4.18. The van der Waals surface area contributed by atoms with E-state index in [0.717, 1.165) is 17.6 Å². The standard InChI is InChI=1S/C13H15Br2F3N2.2ClH/c14-9-1-2-11(15)10(7-9)12(8-13(16,17)18)20-5-3-19-4-6-20;;/h1-2,7,12,19H,3-6,8H2;2*1H/t12-;;/m1../s1.